The van der Waals surface area contributed by atoms with Crippen molar-refractivity contribution in [1.82, 2.24) is 0 Å². The zero-order valence-electron chi connectivity index (χ0n) is 32.2. The molecule has 0 unspecified atom stereocenters. The van der Waals surface area contributed by atoms with Crippen molar-refractivity contribution in [3.05, 3.63) is 259 Å². The first-order chi connectivity index (χ1) is 28.7. The molecule has 8 aromatic carbocycles. The molecule has 1 aliphatic carbocycles. The molecule has 0 amide bonds. The Bertz CT molecular complexity index is 2940. The van der Waals surface area contributed by atoms with Crippen molar-refractivity contribution in [2.24, 2.45) is 0 Å². The first kappa shape index (κ1) is 35.0. The molecule has 1 aliphatic rings. The van der Waals surface area contributed by atoms with E-state index in [1.807, 2.05) is 12.2 Å². The fourth-order valence-corrected chi connectivity index (χ4v) is 9.30. The van der Waals surface area contributed by atoms with Gasteiger partial charge in [-0.3, -0.25) is 0 Å². The maximum absolute atomic E-state index is 7.17. The van der Waals surface area contributed by atoms with Crippen molar-refractivity contribution in [2.75, 3.05) is 4.90 Å². The number of rotatable bonds is 10. The standard InChI is InChI=1S/C56H41NO/c1-3-19-42(4-2)56(50-30-16-14-26-47(50)48-27-15-17-31-51(48)56)43-33-35-45(36-34-43)57(44-24-12-7-13-25-44)52-37-32-41(38-39-20-8-5-9-21-39)53-49-29-18-28-46(54(49)58-55(52)53)40-22-10-6-11-23-40/h3-37H,1-2,38H2/b42-19+. The first-order valence-corrected chi connectivity index (χ1v) is 19.9. The third-order valence-electron chi connectivity index (χ3n) is 11.8. The molecule has 0 bridgehead atoms. The monoisotopic (exact) mass is 743 g/mol. The number of hydrogen-bond donors (Lipinski definition) is 0. The number of furan rings is 1. The summed E-state index contributed by atoms with van der Waals surface area (Å²) in [5.41, 5.74) is 16.1. The molecule has 58 heavy (non-hydrogen) atoms. The fourth-order valence-electron chi connectivity index (χ4n) is 9.30. The lowest BCUT2D eigenvalue weighted by Gasteiger charge is -2.35. The molecule has 9 aromatic rings. The van der Waals surface area contributed by atoms with Crippen LogP contribution in [0.5, 0.6) is 0 Å². The van der Waals surface area contributed by atoms with Crippen LogP contribution in [-0.2, 0) is 11.8 Å². The number of nitrogens with zero attached hydrogens (tertiary/aromatic N) is 1. The van der Waals surface area contributed by atoms with Crippen molar-refractivity contribution >= 4 is 39.0 Å². The molecule has 0 fully saturated rings. The zero-order valence-corrected chi connectivity index (χ0v) is 32.2. The normalized spacial score (nSPS) is 12.9. The predicted octanol–water partition coefficient (Wildman–Crippen LogP) is 14.9. The third kappa shape index (κ3) is 5.56. The summed E-state index contributed by atoms with van der Waals surface area (Å²) in [7, 11) is 0. The highest BCUT2D eigenvalue weighted by molar-refractivity contribution is 6.15. The summed E-state index contributed by atoms with van der Waals surface area (Å²) in [5.74, 6) is 0. The fraction of sp³-hybridized carbons (Fsp3) is 0.0357. The summed E-state index contributed by atoms with van der Waals surface area (Å²) in [5, 5.41) is 2.24. The molecule has 0 saturated carbocycles. The summed E-state index contributed by atoms with van der Waals surface area (Å²) >= 11 is 0. The van der Waals surface area contributed by atoms with E-state index >= 15 is 0 Å². The third-order valence-corrected chi connectivity index (χ3v) is 11.8. The minimum absolute atomic E-state index is 0.571. The summed E-state index contributed by atoms with van der Waals surface area (Å²) in [4.78, 5) is 2.33. The second-order valence-corrected chi connectivity index (χ2v) is 14.9. The van der Waals surface area contributed by atoms with Crippen LogP contribution >= 0.6 is 0 Å². The SMILES string of the molecule is C=C/C=C(\C=C)C1(c2ccc(N(c3ccccc3)c3ccc(Cc4ccccc4)c4c3oc3c(-c5ccccc5)cccc34)cc2)c2ccccc2-c2ccccc21. The van der Waals surface area contributed by atoms with Crippen molar-refractivity contribution < 1.29 is 4.42 Å². The minimum atomic E-state index is -0.571. The molecule has 2 nitrogen and oxygen atoms in total. The second kappa shape index (κ2) is 14.6. The van der Waals surface area contributed by atoms with Crippen LogP contribution < -0.4 is 4.90 Å². The predicted molar refractivity (Wildman–Crippen MR) is 243 cm³/mol. The molecule has 1 aromatic heterocycles. The van der Waals surface area contributed by atoms with Gasteiger partial charge in [0.05, 0.1) is 11.1 Å². The van der Waals surface area contributed by atoms with Crippen LogP contribution in [-0.4, -0.2) is 0 Å². The van der Waals surface area contributed by atoms with Gasteiger partial charge in [-0.2, -0.15) is 0 Å². The van der Waals surface area contributed by atoms with Crippen LogP contribution in [0.3, 0.4) is 0 Å². The van der Waals surface area contributed by atoms with E-state index in [1.165, 1.54) is 33.4 Å². The lowest BCUT2D eigenvalue weighted by atomic mass is 9.67. The van der Waals surface area contributed by atoms with Crippen LogP contribution in [0.2, 0.25) is 0 Å². The van der Waals surface area contributed by atoms with Gasteiger partial charge in [0.25, 0.3) is 0 Å². The Morgan fingerprint density at radius 3 is 1.78 bits per heavy atom. The molecule has 10 rings (SSSR count). The van der Waals surface area contributed by atoms with Crippen LogP contribution in [0.15, 0.2) is 235 Å². The van der Waals surface area contributed by atoms with Crippen molar-refractivity contribution in [1.29, 1.82) is 0 Å². The Hall–Kier alpha value is -7.42. The molecule has 1 heterocycles. The lowest BCUT2D eigenvalue weighted by Crippen LogP contribution is -2.29. The van der Waals surface area contributed by atoms with Gasteiger partial charge in [-0.25, -0.2) is 0 Å². The highest BCUT2D eigenvalue weighted by Gasteiger charge is 2.46. The van der Waals surface area contributed by atoms with Gasteiger partial charge in [0.15, 0.2) is 5.58 Å². The number of para-hydroxylation sites is 2. The average Bonchev–Trinajstić information content (AvgIpc) is 3.83. The lowest BCUT2D eigenvalue weighted by molar-refractivity contribution is 0.670. The first-order valence-electron chi connectivity index (χ1n) is 19.9. The highest BCUT2D eigenvalue weighted by atomic mass is 16.3. The van der Waals surface area contributed by atoms with E-state index in [1.54, 1.807) is 0 Å². The molecule has 0 N–H and O–H groups in total. The maximum Gasteiger partial charge on any atom is 0.159 e. The number of benzene rings is 8. The molecule has 0 aliphatic heterocycles. The van der Waals surface area contributed by atoms with Gasteiger partial charge < -0.3 is 9.32 Å². The van der Waals surface area contributed by atoms with Crippen LogP contribution in [0, 0.1) is 0 Å². The molecule has 0 atom stereocenters. The van der Waals surface area contributed by atoms with Crippen LogP contribution in [0.25, 0.3) is 44.2 Å². The van der Waals surface area contributed by atoms with E-state index in [9.17, 15) is 0 Å². The second-order valence-electron chi connectivity index (χ2n) is 14.9. The van der Waals surface area contributed by atoms with Gasteiger partial charge >= 0.3 is 0 Å². The highest BCUT2D eigenvalue weighted by Crippen LogP contribution is 2.57. The number of fused-ring (bicyclic) bond motifs is 6. The van der Waals surface area contributed by atoms with E-state index in [-0.39, 0.29) is 0 Å². The van der Waals surface area contributed by atoms with E-state index in [2.05, 4.69) is 218 Å². The van der Waals surface area contributed by atoms with Gasteiger partial charge in [0, 0.05) is 27.7 Å². The van der Waals surface area contributed by atoms with Gasteiger partial charge in [0.2, 0.25) is 0 Å². The number of hydrogen-bond acceptors (Lipinski definition) is 2. The van der Waals surface area contributed by atoms with E-state index in [0.29, 0.717) is 0 Å². The van der Waals surface area contributed by atoms with E-state index in [0.717, 1.165) is 67.7 Å². The van der Waals surface area contributed by atoms with Gasteiger partial charge in [0.1, 0.15) is 5.58 Å². The smallest absolute Gasteiger partial charge is 0.159 e. The summed E-state index contributed by atoms with van der Waals surface area (Å²) in [6.45, 7) is 8.45. The zero-order chi connectivity index (χ0) is 39.1. The van der Waals surface area contributed by atoms with Crippen LogP contribution in [0.4, 0.5) is 17.1 Å². The summed E-state index contributed by atoms with van der Waals surface area (Å²) in [6, 6.07) is 69.5. The van der Waals surface area contributed by atoms with E-state index in [4.69, 9.17) is 4.42 Å². The molecule has 0 radical (unpaired) electrons. The minimum Gasteiger partial charge on any atom is -0.453 e. The molecule has 0 saturated heterocycles. The molecule has 276 valence electrons. The van der Waals surface area contributed by atoms with Gasteiger partial charge in [-0.05, 0) is 86.8 Å². The molecular formula is C56H41NO. The van der Waals surface area contributed by atoms with Crippen LogP contribution in [0.1, 0.15) is 27.8 Å². The van der Waals surface area contributed by atoms with Crippen molar-refractivity contribution in [3.63, 3.8) is 0 Å². The molecular weight excluding hydrogens is 703 g/mol. The number of anilines is 3. The number of allylic oxidation sites excluding steroid dienone is 4. The van der Waals surface area contributed by atoms with Crippen molar-refractivity contribution in [3.8, 4) is 22.3 Å². The Morgan fingerprint density at radius 2 is 1.12 bits per heavy atom. The Balaban J connectivity index is 1.20. The molecule has 0 spiro atoms. The summed E-state index contributed by atoms with van der Waals surface area (Å²) < 4.78 is 7.17. The van der Waals surface area contributed by atoms with Crippen molar-refractivity contribution in [2.45, 2.75) is 11.8 Å². The topological polar surface area (TPSA) is 16.4 Å². The average molecular weight is 744 g/mol. The summed E-state index contributed by atoms with van der Waals surface area (Å²) in [6.07, 6.45) is 6.76. The Kier molecular flexibility index (Phi) is 8.81. The van der Waals surface area contributed by atoms with Gasteiger partial charge in [-0.15, -0.1) is 0 Å². The molecule has 2 heteroatoms. The Morgan fingerprint density at radius 1 is 0.534 bits per heavy atom. The largest absolute Gasteiger partial charge is 0.453 e. The quantitative estimate of drug-likeness (QED) is 0.130. The Labute approximate surface area is 340 Å². The van der Waals surface area contributed by atoms with E-state index < -0.39 is 5.41 Å². The maximum atomic E-state index is 7.17. The van der Waals surface area contributed by atoms with Gasteiger partial charge in [-0.1, -0.05) is 195 Å².